The lowest BCUT2D eigenvalue weighted by Gasteiger charge is -2.32. The molecule has 5 N–H and O–H groups in total. The first-order valence-corrected chi connectivity index (χ1v) is 11.2. The second kappa shape index (κ2) is 9.89. The first kappa shape index (κ1) is 26.2. The van der Waals surface area contributed by atoms with E-state index < -0.39 is 54.8 Å². The lowest BCUT2D eigenvalue weighted by molar-refractivity contribution is -0.123. The molecule has 200 valence electrons. The van der Waals surface area contributed by atoms with Crippen molar-refractivity contribution in [2.24, 2.45) is 11.7 Å². The highest BCUT2D eigenvalue weighted by atomic mass is 19.4. The minimum atomic E-state index is -4.66. The molecule has 1 atom stereocenters. The summed E-state index contributed by atoms with van der Waals surface area (Å²) in [4.78, 5) is 41.5. The van der Waals surface area contributed by atoms with E-state index in [1.54, 1.807) is 22.3 Å². The Labute approximate surface area is 206 Å². The molecule has 0 bridgehead atoms. The first-order valence-electron chi connectivity index (χ1n) is 11.2. The Balaban J connectivity index is 1.49. The number of hydrogen-bond acceptors (Lipinski definition) is 9. The van der Waals surface area contributed by atoms with Crippen LogP contribution in [0.15, 0.2) is 12.1 Å². The summed E-state index contributed by atoms with van der Waals surface area (Å²) in [5.41, 5.74) is 11.8. The van der Waals surface area contributed by atoms with E-state index >= 15 is 0 Å². The van der Waals surface area contributed by atoms with Gasteiger partial charge in [0.2, 0.25) is 11.8 Å². The number of hydrogen-bond donors (Lipinski definition) is 3. The van der Waals surface area contributed by atoms with Crippen LogP contribution in [0.5, 0.6) is 6.01 Å². The van der Waals surface area contributed by atoms with Crippen molar-refractivity contribution in [3.8, 4) is 6.01 Å². The molecular formula is C21H23F5N8O3. The topological polar surface area (TPSA) is 162 Å². The van der Waals surface area contributed by atoms with Crippen molar-refractivity contribution in [3.05, 3.63) is 29.3 Å². The number of anilines is 2. The molecule has 1 saturated heterocycles. The van der Waals surface area contributed by atoms with E-state index in [9.17, 15) is 31.5 Å². The quantitative estimate of drug-likeness (QED) is 0.431. The Bertz CT molecular complexity index is 1190. The number of alkyl halides is 5. The van der Waals surface area contributed by atoms with Gasteiger partial charge in [-0.3, -0.25) is 9.59 Å². The Morgan fingerprint density at radius 1 is 1.14 bits per heavy atom. The number of ether oxygens (including phenoxy) is 1. The smallest absolute Gasteiger partial charge is 0.405 e. The summed E-state index contributed by atoms with van der Waals surface area (Å²) in [5, 5.41) is 1.67. The minimum absolute atomic E-state index is 0.0325. The number of carbonyl (C=O) groups excluding carboxylic acids is 2. The molecule has 0 unspecified atom stereocenters. The van der Waals surface area contributed by atoms with Crippen LogP contribution >= 0.6 is 0 Å². The van der Waals surface area contributed by atoms with E-state index in [4.69, 9.17) is 16.2 Å². The third-order valence-electron chi connectivity index (χ3n) is 6.00. The molecular weight excluding hydrogens is 507 g/mol. The van der Waals surface area contributed by atoms with Crippen molar-refractivity contribution in [2.75, 3.05) is 36.9 Å². The number of halogens is 5. The number of nitrogens with one attached hydrogen (secondary N) is 1. The number of primary amides is 1. The van der Waals surface area contributed by atoms with Crippen molar-refractivity contribution in [3.63, 3.8) is 0 Å². The zero-order chi connectivity index (χ0) is 27.0. The summed E-state index contributed by atoms with van der Waals surface area (Å²) in [5.74, 6) is -6.64. The summed E-state index contributed by atoms with van der Waals surface area (Å²) >= 11 is 0. The standard InChI is InChI=1S/C21H23F5N8O3/c22-20(23)7-11(20)8-37-19-32-16(17(36)29-9-21(24,25)26)31-18(33-19)34-5-3-10(4-6-34)13-2-1-12(27)14(30-13)15(28)35/h1-2,10-11H,3-9,27H2,(H2,28,35)(H,29,36)/t11-/m0/s1. The molecule has 3 heterocycles. The third-order valence-corrected chi connectivity index (χ3v) is 6.00. The Hall–Kier alpha value is -3.85. The zero-order valence-electron chi connectivity index (χ0n) is 19.3. The van der Waals surface area contributed by atoms with Gasteiger partial charge in [-0.05, 0) is 25.0 Å². The molecule has 1 aliphatic heterocycles. The molecule has 37 heavy (non-hydrogen) atoms. The van der Waals surface area contributed by atoms with Gasteiger partial charge in [-0.25, -0.2) is 13.8 Å². The highest BCUT2D eigenvalue weighted by Gasteiger charge is 2.57. The molecule has 2 fully saturated rings. The number of amides is 2. The van der Waals surface area contributed by atoms with Gasteiger partial charge in [-0.2, -0.15) is 28.1 Å². The molecule has 2 amide bonds. The van der Waals surface area contributed by atoms with Crippen LogP contribution in [0.1, 0.15) is 52.0 Å². The van der Waals surface area contributed by atoms with Gasteiger partial charge in [0.1, 0.15) is 13.2 Å². The molecule has 4 rings (SSSR count). The molecule has 1 aliphatic carbocycles. The summed E-state index contributed by atoms with van der Waals surface area (Å²) < 4.78 is 69.2. The number of pyridine rings is 1. The second-order valence-corrected chi connectivity index (χ2v) is 8.81. The molecule has 11 nitrogen and oxygen atoms in total. The lowest BCUT2D eigenvalue weighted by atomic mass is 9.93. The molecule has 2 aromatic rings. The van der Waals surface area contributed by atoms with Crippen LogP contribution < -0.4 is 26.4 Å². The predicted molar refractivity (Wildman–Crippen MR) is 118 cm³/mol. The summed E-state index contributed by atoms with van der Waals surface area (Å²) in [6.07, 6.45) is -4.00. The summed E-state index contributed by atoms with van der Waals surface area (Å²) in [6.45, 7) is -1.34. The lowest BCUT2D eigenvalue weighted by Crippen LogP contribution is -2.37. The fraction of sp³-hybridized carbons (Fsp3) is 0.524. The van der Waals surface area contributed by atoms with Crippen molar-refractivity contribution < 1.29 is 36.3 Å². The van der Waals surface area contributed by atoms with E-state index in [2.05, 4.69) is 19.9 Å². The van der Waals surface area contributed by atoms with E-state index in [-0.39, 0.29) is 29.7 Å². The predicted octanol–water partition coefficient (Wildman–Crippen LogP) is 1.66. The van der Waals surface area contributed by atoms with Gasteiger partial charge in [-0.1, -0.05) is 0 Å². The highest BCUT2D eigenvalue weighted by molar-refractivity contribution is 5.95. The largest absolute Gasteiger partial charge is 0.463 e. The monoisotopic (exact) mass is 530 g/mol. The van der Waals surface area contributed by atoms with E-state index in [0.717, 1.165) is 0 Å². The van der Waals surface area contributed by atoms with Gasteiger partial charge in [0.15, 0.2) is 5.69 Å². The van der Waals surface area contributed by atoms with Gasteiger partial charge in [0.25, 0.3) is 17.7 Å². The van der Waals surface area contributed by atoms with Crippen LogP contribution in [0.3, 0.4) is 0 Å². The van der Waals surface area contributed by atoms with Gasteiger partial charge < -0.3 is 26.4 Å². The van der Waals surface area contributed by atoms with Crippen LogP contribution in [0.25, 0.3) is 0 Å². The van der Waals surface area contributed by atoms with Crippen molar-refractivity contribution in [1.29, 1.82) is 0 Å². The maximum absolute atomic E-state index is 13.2. The van der Waals surface area contributed by atoms with Gasteiger partial charge in [0, 0.05) is 31.1 Å². The van der Waals surface area contributed by atoms with Crippen LogP contribution in [-0.2, 0) is 0 Å². The Morgan fingerprint density at radius 2 is 1.81 bits per heavy atom. The van der Waals surface area contributed by atoms with Gasteiger partial charge >= 0.3 is 12.2 Å². The van der Waals surface area contributed by atoms with Gasteiger partial charge in [-0.15, -0.1) is 0 Å². The molecule has 2 aromatic heterocycles. The number of piperidine rings is 1. The molecule has 0 radical (unpaired) electrons. The first-order chi connectivity index (χ1) is 17.3. The van der Waals surface area contributed by atoms with Crippen LogP contribution in [-0.4, -0.2) is 70.1 Å². The SMILES string of the molecule is NC(=O)c1nc(C2CCN(c3nc(OC[C@@H]4CC4(F)F)nc(C(=O)NCC(F)(F)F)n3)CC2)ccc1N. The summed E-state index contributed by atoms with van der Waals surface area (Å²) in [6, 6.07) is 2.78. The van der Waals surface area contributed by atoms with E-state index in [1.165, 1.54) is 0 Å². The zero-order valence-corrected chi connectivity index (χ0v) is 19.3. The second-order valence-electron chi connectivity index (χ2n) is 8.81. The average Bonchev–Trinajstić information content (AvgIpc) is 3.47. The van der Waals surface area contributed by atoms with Crippen LogP contribution in [0.4, 0.5) is 33.6 Å². The van der Waals surface area contributed by atoms with Crippen molar-refractivity contribution >= 4 is 23.5 Å². The molecule has 1 saturated carbocycles. The number of nitrogen functional groups attached to an aromatic ring is 1. The fourth-order valence-corrected chi connectivity index (χ4v) is 3.82. The maximum Gasteiger partial charge on any atom is 0.405 e. The third kappa shape index (κ3) is 6.48. The number of nitrogens with two attached hydrogens (primary N) is 2. The number of rotatable bonds is 8. The number of nitrogens with zero attached hydrogens (tertiary/aromatic N) is 5. The summed E-state index contributed by atoms with van der Waals surface area (Å²) in [7, 11) is 0. The number of aromatic nitrogens is 4. The highest BCUT2D eigenvalue weighted by Crippen LogP contribution is 2.48. The van der Waals surface area contributed by atoms with Crippen molar-refractivity contribution in [2.45, 2.75) is 37.3 Å². The Kier molecular flexibility index (Phi) is 7.01. The molecule has 0 aromatic carbocycles. The molecule has 16 heteroatoms. The molecule has 0 spiro atoms. The van der Waals surface area contributed by atoms with Gasteiger partial charge in [0.05, 0.1) is 11.6 Å². The van der Waals surface area contributed by atoms with E-state index in [1.807, 2.05) is 0 Å². The van der Waals surface area contributed by atoms with Crippen LogP contribution in [0.2, 0.25) is 0 Å². The minimum Gasteiger partial charge on any atom is -0.463 e. The van der Waals surface area contributed by atoms with Crippen LogP contribution in [0, 0.1) is 5.92 Å². The average molecular weight is 530 g/mol. The normalized spacial score (nSPS) is 19.4. The van der Waals surface area contributed by atoms with Crippen molar-refractivity contribution in [1.82, 2.24) is 25.3 Å². The van der Waals surface area contributed by atoms with E-state index in [0.29, 0.717) is 31.6 Å². The fourth-order valence-electron chi connectivity index (χ4n) is 3.82. The molecule has 2 aliphatic rings. The number of carbonyl (C=O) groups is 2. The maximum atomic E-state index is 13.2. The Morgan fingerprint density at radius 3 is 2.41 bits per heavy atom.